The van der Waals surface area contributed by atoms with Crippen LogP contribution in [0.25, 0.3) is 0 Å². The standard InChI is InChI=1S/C20H23FN4O3/c1-15-3-2-4-16(11-15)13-23-7-9-24(10-8-23)14-20(26)22-18-6-5-17(21)12-19(18)25(27)28/h2-6,11-12H,7-10,13-14H2,1H3,(H,22,26). The van der Waals surface area contributed by atoms with Gasteiger partial charge in [-0.3, -0.25) is 24.7 Å². The van der Waals surface area contributed by atoms with Crippen molar-refractivity contribution in [1.29, 1.82) is 0 Å². The van der Waals surface area contributed by atoms with E-state index >= 15 is 0 Å². The van der Waals surface area contributed by atoms with Crippen LogP contribution in [0.15, 0.2) is 42.5 Å². The molecular formula is C20H23FN4O3. The summed E-state index contributed by atoms with van der Waals surface area (Å²) in [7, 11) is 0. The molecule has 1 aliphatic heterocycles. The highest BCUT2D eigenvalue weighted by Crippen LogP contribution is 2.25. The fraction of sp³-hybridized carbons (Fsp3) is 0.350. The first-order chi connectivity index (χ1) is 13.4. The maximum absolute atomic E-state index is 13.2. The first-order valence-corrected chi connectivity index (χ1v) is 9.15. The van der Waals surface area contributed by atoms with E-state index in [4.69, 9.17) is 0 Å². The van der Waals surface area contributed by atoms with Gasteiger partial charge in [-0.2, -0.15) is 0 Å². The molecule has 0 bridgehead atoms. The van der Waals surface area contributed by atoms with Crippen LogP contribution in [-0.4, -0.2) is 53.4 Å². The number of nitro benzene ring substituents is 1. The second-order valence-corrected chi connectivity index (χ2v) is 7.01. The van der Waals surface area contributed by atoms with E-state index in [0.717, 1.165) is 44.9 Å². The van der Waals surface area contributed by atoms with Gasteiger partial charge in [0, 0.05) is 32.7 Å². The van der Waals surface area contributed by atoms with E-state index in [2.05, 4.69) is 41.4 Å². The molecule has 2 aromatic carbocycles. The number of aryl methyl sites for hydroxylation is 1. The molecule has 28 heavy (non-hydrogen) atoms. The highest BCUT2D eigenvalue weighted by Gasteiger charge is 2.21. The van der Waals surface area contributed by atoms with Crippen LogP contribution in [0, 0.1) is 22.9 Å². The fourth-order valence-corrected chi connectivity index (χ4v) is 3.33. The number of benzene rings is 2. The van der Waals surface area contributed by atoms with E-state index in [9.17, 15) is 19.3 Å². The van der Waals surface area contributed by atoms with Crippen molar-refractivity contribution in [3.63, 3.8) is 0 Å². The monoisotopic (exact) mass is 386 g/mol. The first-order valence-electron chi connectivity index (χ1n) is 9.15. The molecule has 0 radical (unpaired) electrons. The number of nitro groups is 1. The number of nitrogens with zero attached hydrogens (tertiary/aromatic N) is 3. The Bertz CT molecular complexity index is 866. The molecule has 148 valence electrons. The van der Waals surface area contributed by atoms with Gasteiger partial charge in [0.15, 0.2) is 0 Å². The molecule has 0 saturated carbocycles. The van der Waals surface area contributed by atoms with Gasteiger partial charge >= 0.3 is 0 Å². The lowest BCUT2D eigenvalue weighted by molar-refractivity contribution is -0.384. The lowest BCUT2D eigenvalue weighted by Gasteiger charge is -2.34. The number of piperazine rings is 1. The lowest BCUT2D eigenvalue weighted by Crippen LogP contribution is -2.48. The van der Waals surface area contributed by atoms with Crippen molar-refractivity contribution in [3.8, 4) is 0 Å². The van der Waals surface area contributed by atoms with Crippen molar-refractivity contribution in [1.82, 2.24) is 9.80 Å². The Morgan fingerprint density at radius 2 is 1.86 bits per heavy atom. The molecule has 1 fully saturated rings. The number of anilines is 1. The van der Waals surface area contributed by atoms with Gasteiger partial charge < -0.3 is 5.32 Å². The van der Waals surface area contributed by atoms with Crippen molar-refractivity contribution in [2.24, 2.45) is 0 Å². The molecule has 1 heterocycles. The zero-order chi connectivity index (χ0) is 20.1. The maximum Gasteiger partial charge on any atom is 0.295 e. The minimum atomic E-state index is -0.713. The quantitative estimate of drug-likeness (QED) is 0.610. The number of rotatable bonds is 6. The lowest BCUT2D eigenvalue weighted by atomic mass is 10.1. The summed E-state index contributed by atoms with van der Waals surface area (Å²) in [6.45, 7) is 6.27. The summed E-state index contributed by atoms with van der Waals surface area (Å²) < 4.78 is 13.2. The second kappa shape index (κ2) is 8.90. The van der Waals surface area contributed by atoms with Crippen LogP contribution in [0.4, 0.5) is 15.8 Å². The van der Waals surface area contributed by atoms with E-state index in [0.29, 0.717) is 0 Å². The molecule has 1 N–H and O–H groups in total. The van der Waals surface area contributed by atoms with Crippen LogP contribution < -0.4 is 5.32 Å². The average molecular weight is 386 g/mol. The van der Waals surface area contributed by atoms with Gasteiger partial charge in [-0.15, -0.1) is 0 Å². The number of halogens is 1. The topological polar surface area (TPSA) is 78.7 Å². The third-order valence-electron chi connectivity index (χ3n) is 4.75. The predicted molar refractivity (Wildman–Crippen MR) is 105 cm³/mol. The Kier molecular flexibility index (Phi) is 6.33. The van der Waals surface area contributed by atoms with E-state index < -0.39 is 16.4 Å². The number of amides is 1. The Morgan fingerprint density at radius 1 is 1.14 bits per heavy atom. The van der Waals surface area contributed by atoms with Crippen LogP contribution in [0.1, 0.15) is 11.1 Å². The zero-order valence-corrected chi connectivity index (χ0v) is 15.7. The Labute approximate surface area is 162 Å². The molecule has 1 aliphatic rings. The second-order valence-electron chi connectivity index (χ2n) is 7.01. The largest absolute Gasteiger partial charge is 0.319 e. The summed E-state index contributed by atoms with van der Waals surface area (Å²) in [6.07, 6.45) is 0. The fourth-order valence-electron chi connectivity index (χ4n) is 3.33. The van der Waals surface area contributed by atoms with Crippen LogP contribution in [0.2, 0.25) is 0 Å². The third kappa shape index (κ3) is 5.34. The van der Waals surface area contributed by atoms with Gasteiger partial charge in [-0.1, -0.05) is 29.8 Å². The average Bonchev–Trinajstić information content (AvgIpc) is 2.64. The highest BCUT2D eigenvalue weighted by molar-refractivity contribution is 5.94. The van der Waals surface area contributed by atoms with Crippen molar-refractivity contribution in [2.45, 2.75) is 13.5 Å². The van der Waals surface area contributed by atoms with Crippen molar-refractivity contribution in [2.75, 3.05) is 38.0 Å². The van der Waals surface area contributed by atoms with Gasteiger partial charge in [-0.25, -0.2) is 4.39 Å². The van der Waals surface area contributed by atoms with Crippen LogP contribution in [0.3, 0.4) is 0 Å². The minimum absolute atomic E-state index is 0.00878. The summed E-state index contributed by atoms with van der Waals surface area (Å²) in [5.74, 6) is -1.06. The summed E-state index contributed by atoms with van der Waals surface area (Å²) in [6, 6.07) is 11.5. The summed E-state index contributed by atoms with van der Waals surface area (Å²) >= 11 is 0. The summed E-state index contributed by atoms with van der Waals surface area (Å²) in [5, 5.41) is 13.5. The predicted octanol–water partition coefficient (Wildman–Crippen LogP) is 2.80. The Balaban J connectivity index is 1.49. The van der Waals surface area contributed by atoms with Gasteiger partial charge in [0.2, 0.25) is 5.91 Å². The van der Waals surface area contributed by atoms with Gasteiger partial charge in [-0.05, 0) is 24.6 Å². The van der Waals surface area contributed by atoms with E-state index in [1.807, 2.05) is 4.90 Å². The van der Waals surface area contributed by atoms with Crippen LogP contribution >= 0.6 is 0 Å². The molecule has 0 aliphatic carbocycles. The molecule has 0 unspecified atom stereocenters. The molecule has 1 amide bonds. The minimum Gasteiger partial charge on any atom is -0.319 e. The van der Waals surface area contributed by atoms with E-state index in [1.54, 1.807) is 0 Å². The van der Waals surface area contributed by atoms with Gasteiger partial charge in [0.1, 0.15) is 11.5 Å². The number of carbonyl (C=O) groups is 1. The molecule has 8 heteroatoms. The Hall–Kier alpha value is -2.84. The van der Waals surface area contributed by atoms with Crippen molar-refractivity contribution < 1.29 is 14.1 Å². The molecule has 0 atom stereocenters. The molecule has 3 rings (SSSR count). The maximum atomic E-state index is 13.2. The van der Waals surface area contributed by atoms with E-state index in [-0.39, 0.29) is 18.1 Å². The first kappa shape index (κ1) is 19.9. The number of carbonyl (C=O) groups excluding carboxylic acids is 1. The number of nitrogens with one attached hydrogen (secondary N) is 1. The number of hydrogen-bond acceptors (Lipinski definition) is 5. The molecule has 0 spiro atoms. The van der Waals surface area contributed by atoms with Crippen LogP contribution in [0.5, 0.6) is 0 Å². The highest BCUT2D eigenvalue weighted by atomic mass is 19.1. The number of hydrogen-bond donors (Lipinski definition) is 1. The van der Waals surface area contributed by atoms with Gasteiger partial charge in [0.25, 0.3) is 5.69 Å². The Morgan fingerprint density at radius 3 is 2.54 bits per heavy atom. The van der Waals surface area contributed by atoms with Crippen molar-refractivity contribution in [3.05, 3.63) is 69.5 Å². The summed E-state index contributed by atoms with van der Waals surface area (Å²) in [5.41, 5.74) is 2.07. The van der Waals surface area contributed by atoms with Gasteiger partial charge in [0.05, 0.1) is 17.5 Å². The van der Waals surface area contributed by atoms with Crippen molar-refractivity contribution >= 4 is 17.3 Å². The molecule has 2 aromatic rings. The molecule has 0 aromatic heterocycles. The van der Waals surface area contributed by atoms with E-state index in [1.165, 1.54) is 17.2 Å². The SMILES string of the molecule is Cc1cccc(CN2CCN(CC(=O)Nc3ccc(F)cc3[N+](=O)[O-])CC2)c1. The summed E-state index contributed by atoms with van der Waals surface area (Å²) in [4.78, 5) is 26.9. The molecule has 7 nitrogen and oxygen atoms in total. The smallest absolute Gasteiger partial charge is 0.295 e. The third-order valence-corrected chi connectivity index (χ3v) is 4.75. The van der Waals surface area contributed by atoms with Crippen LogP contribution in [-0.2, 0) is 11.3 Å². The normalized spacial score (nSPS) is 15.4. The zero-order valence-electron chi connectivity index (χ0n) is 15.7. The molecular weight excluding hydrogens is 363 g/mol. The molecule has 1 saturated heterocycles.